The predicted octanol–water partition coefficient (Wildman–Crippen LogP) is 6.51. The summed E-state index contributed by atoms with van der Waals surface area (Å²) in [6, 6.07) is 6.00. The minimum Gasteiger partial charge on any atom is -0.352 e. The van der Waals surface area contributed by atoms with Crippen molar-refractivity contribution in [3.63, 3.8) is 0 Å². The number of rotatable bonds is 4. The van der Waals surface area contributed by atoms with Crippen LogP contribution >= 0.6 is 34.5 Å². The van der Waals surface area contributed by atoms with Gasteiger partial charge in [-0.1, -0.05) is 43.1 Å². The van der Waals surface area contributed by atoms with Crippen LogP contribution in [0.5, 0.6) is 0 Å². The van der Waals surface area contributed by atoms with Crippen LogP contribution in [0, 0.1) is 11.2 Å². The molecule has 4 aliphatic rings. The lowest BCUT2D eigenvalue weighted by atomic mass is 9.53. The maximum Gasteiger partial charge on any atom is 0.238 e. The minimum absolute atomic E-state index is 0.0405. The fourth-order valence-corrected chi connectivity index (χ4v) is 9.52. The normalized spacial score (nSPS) is 30.3. The van der Waals surface area contributed by atoms with E-state index in [0.29, 0.717) is 29.5 Å². The fourth-order valence-electron chi connectivity index (χ4n) is 8.46. The second-order valence-electron chi connectivity index (χ2n) is 13.6. The van der Waals surface area contributed by atoms with Gasteiger partial charge in [-0.2, -0.15) is 0 Å². The average Bonchev–Trinajstić information content (AvgIpc) is 3.70. The van der Waals surface area contributed by atoms with Crippen molar-refractivity contribution in [2.75, 3.05) is 5.32 Å². The van der Waals surface area contributed by atoms with Crippen molar-refractivity contribution in [3.05, 3.63) is 68.1 Å². The molecule has 44 heavy (non-hydrogen) atoms. The Kier molecular flexibility index (Phi) is 7.50. The molecule has 3 aromatic rings. The number of carbonyl (C=O) groups is 2. The molecule has 0 radical (unpaired) electrons. The molecule has 2 aliphatic heterocycles. The number of hydrogen-bond acceptors (Lipinski definition) is 7. The van der Waals surface area contributed by atoms with Crippen molar-refractivity contribution in [2.45, 2.75) is 100 Å². The molecule has 1 aromatic carbocycles. The van der Waals surface area contributed by atoms with Gasteiger partial charge in [0.05, 0.1) is 6.04 Å². The molecular weight excluding hydrogens is 622 g/mol. The van der Waals surface area contributed by atoms with Gasteiger partial charge in [0.2, 0.25) is 11.8 Å². The maximum absolute atomic E-state index is 16.1. The molecule has 3 fully saturated rings. The van der Waals surface area contributed by atoms with Crippen LogP contribution in [0.3, 0.4) is 0 Å². The van der Waals surface area contributed by atoms with Crippen LogP contribution in [-0.4, -0.2) is 44.6 Å². The van der Waals surface area contributed by atoms with Gasteiger partial charge in [-0.15, -0.1) is 21.5 Å². The highest BCUT2D eigenvalue weighted by Gasteiger charge is 2.73. The van der Waals surface area contributed by atoms with Gasteiger partial charge < -0.3 is 10.6 Å². The summed E-state index contributed by atoms with van der Waals surface area (Å²) in [5.74, 6) is -1.75. The first kappa shape index (κ1) is 30.0. The summed E-state index contributed by atoms with van der Waals surface area (Å²) in [5, 5.41) is 19.6. The Morgan fingerprint density at radius 2 is 1.84 bits per heavy atom. The molecule has 232 valence electrons. The van der Waals surface area contributed by atoms with E-state index in [1.165, 1.54) is 6.20 Å². The van der Waals surface area contributed by atoms with Gasteiger partial charge in [-0.05, 0) is 86.1 Å². The number of nitrogens with one attached hydrogen (secondary N) is 3. The molecule has 0 unspecified atom stereocenters. The third-order valence-electron chi connectivity index (χ3n) is 10.8. The standard InChI is InChI=1S/C32H35Cl2FN6O2S/c1-30(2)10-12-31(13-11-30)32(21-8-5-18(33)15-22(21)39-29(32)43)23(20-9-14-36-26(34)24(20)35)25(40-31)27(42)38-19-6-3-17(4-7-19)28-41-37-16-44-28/h5,8-9,14-17,19,23,25,40H,3-4,6-7,10-13H2,1-2H3,(H,38,42)(H,39,43)/t17-,19-,23-,25+,32+/m0/s1. The third kappa shape index (κ3) is 4.66. The van der Waals surface area contributed by atoms with Crippen molar-refractivity contribution in [3.8, 4) is 0 Å². The molecule has 12 heteroatoms. The molecule has 0 bridgehead atoms. The third-order valence-corrected chi connectivity index (χ3v) is 12.1. The van der Waals surface area contributed by atoms with E-state index in [4.69, 9.17) is 23.2 Å². The van der Waals surface area contributed by atoms with Gasteiger partial charge >= 0.3 is 0 Å². The van der Waals surface area contributed by atoms with Crippen LogP contribution in [0.4, 0.5) is 10.1 Å². The van der Waals surface area contributed by atoms with Crippen LogP contribution in [-0.2, 0) is 15.0 Å². The molecule has 2 saturated carbocycles. The number of amides is 2. The highest BCUT2D eigenvalue weighted by atomic mass is 35.5. The van der Waals surface area contributed by atoms with Gasteiger partial charge in [0.15, 0.2) is 11.0 Å². The second kappa shape index (κ2) is 11.0. The number of hydrogen-bond donors (Lipinski definition) is 3. The van der Waals surface area contributed by atoms with Crippen LogP contribution < -0.4 is 16.0 Å². The van der Waals surface area contributed by atoms with E-state index in [0.717, 1.165) is 49.1 Å². The Balaban J connectivity index is 1.31. The Bertz CT molecular complexity index is 1600. The van der Waals surface area contributed by atoms with E-state index in [9.17, 15) is 9.59 Å². The molecule has 2 amide bonds. The molecule has 3 N–H and O–H groups in total. The molecule has 2 aromatic heterocycles. The second-order valence-corrected chi connectivity index (χ2v) is 15.3. The Morgan fingerprint density at radius 1 is 1.09 bits per heavy atom. The molecule has 8 nitrogen and oxygen atoms in total. The van der Waals surface area contributed by atoms with E-state index in [2.05, 4.69) is 45.0 Å². The van der Waals surface area contributed by atoms with Crippen molar-refractivity contribution >= 4 is 52.0 Å². The Hall–Kier alpha value is -2.66. The van der Waals surface area contributed by atoms with Gasteiger partial charge in [-0.25, -0.2) is 9.37 Å². The highest BCUT2D eigenvalue weighted by molar-refractivity contribution is 7.09. The molecular formula is C32H35Cl2FN6O2S. The number of fused-ring (bicyclic) bond motifs is 3. The van der Waals surface area contributed by atoms with E-state index < -0.39 is 28.7 Å². The number of anilines is 1. The molecule has 1 saturated heterocycles. The molecule has 7 rings (SSSR count). The van der Waals surface area contributed by atoms with Crippen LogP contribution in [0.2, 0.25) is 10.2 Å². The average molecular weight is 658 g/mol. The summed E-state index contributed by atoms with van der Waals surface area (Å²) < 4.78 is 16.1. The first-order valence-electron chi connectivity index (χ1n) is 15.3. The van der Waals surface area contributed by atoms with E-state index in [1.54, 1.807) is 35.0 Å². The first-order chi connectivity index (χ1) is 21.0. The highest BCUT2D eigenvalue weighted by Crippen LogP contribution is 2.64. The molecule has 2 aliphatic carbocycles. The first-order valence-corrected chi connectivity index (χ1v) is 16.9. The number of benzene rings is 1. The predicted molar refractivity (Wildman–Crippen MR) is 169 cm³/mol. The van der Waals surface area contributed by atoms with Crippen molar-refractivity contribution < 1.29 is 14.0 Å². The zero-order valence-electron chi connectivity index (χ0n) is 24.6. The number of aromatic nitrogens is 3. The van der Waals surface area contributed by atoms with E-state index in [1.807, 2.05) is 6.07 Å². The lowest BCUT2D eigenvalue weighted by Gasteiger charge is -2.50. The van der Waals surface area contributed by atoms with Gasteiger partial charge in [-0.3, -0.25) is 14.9 Å². The van der Waals surface area contributed by atoms with E-state index >= 15 is 4.39 Å². The SMILES string of the molecule is CC1(C)CCC2(CC1)N[C@@H](C(=O)N[C@H]1CC[C@H](c3nncs3)CC1)[C@H](c1ccnc(Cl)c1F)[C@]21C(=O)Nc2cc(Cl)ccc21. The van der Waals surface area contributed by atoms with Crippen molar-refractivity contribution in [1.29, 1.82) is 0 Å². The zero-order chi connectivity index (χ0) is 30.9. The number of halogens is 3. The van der Waals surface area contributed by atoms with Gasteiger partial charge in [0.1, 0.15) is 15.9 Å². The summed E-state index contributed by atoms with van der Waals surface area (Å²) in [6.07, 6.45) is 7.81. The van der Waals surface area contributed by atoms with Crippen LogP contribution in [0.1, 0.15) is 93.2 Å². The maximum atomic E-state index is 16.1. The number of carbonyl (C=O) groups excluding carboxylic acids is 2. The molecule has 3 atom stereocenters. The zero-order valence-corrected chi connectivity index (χ0v) is 27.0. The molecule has 2 spiro atoms. The quantitative estimate of drug-likeness (QED) is 0.277. The topological polar surface area (TPSA) is 109 Å². The molecule has 4 heterocycles. The van der Waals surface area contributed by atoms with Crippen molar-refractivity contribution in [2.24, 2.45) is 5.41 Å². The number of pyridine rings is 1. The van der Waals surface area contributed by atoms with Gasteiger partial charge in [0.25, 0.3) is 0 Å². The lowest BCUT2D eigenvalue weighted by Crippen LogP contribution is -2.61. The largest absolute Gasteiger partial charge is 0.352 e. The van der Waals surface area contributed by atoms with Crippen LogP contribution in [0.25, 0.3) is 0 Å². The summed E-state index contributed by atoms with van der Waals surface area (Å²) in [5.41, 5.74) is 1.25. The smallest absolute Gasteiger partial charge is 0.238 e. The summed E-state index contributed by atoms with van der Waals surface area (Å²) in [4.78, 5) is 33.0. The van der Waals surface area contributed by atoms with Gasteiger partial charge in [0, 0.05) is 40.3 Å². The summed E-state index contributed by atoms with van der Waals surface area (Å²) in [7, 11) is 0. The van der Waals surface area contributed by atoms with Crippen molar-refractivity contribution in [1.82, 2.24) is 25.8 Å². The monoisotopic (exact) mass is 656 g/mol. The van der Waals surface area contributed by atoms with E-state index in [-0.39, 0.29) is 34.0 Å². The summed E-state index contributed by atoms with van der Waals surface area (Å²) in [6.45, 7) is 4.46. The number of nitrogens with zero attached hydrogens (tertiary/aromatic N) is 3. The van der Waals surface area contributed by atoms with Crippen LogP contribution in [0.15, 0.2) is 36.0 Å². The Labute approximate surface area is 269 Å². The summed E-state index contributed by atoms with van der Waals surface area (Å²) >= 11 is 14.2. The Morgan fingerprint density at radius 3 is 2.55 bits per heavy atom. The lowest BCUT2D eigenvalue weighted by molar-refractivity contribution is -0.125. The fraction of sp³-hybridized carbons (Fsp3) is 0.531. The minimum atomic E-state index is -1.29.